The molecule has 5 heteroatoms. The lowest BCUT2D eigenvalue weighted by Crippen LogP contribution is -2.35. The maximum atomic E-state index is 13.2. The van der Waals surface area contributed by atoms with Crippen molar-refractivity contribution in [3.05, 3.63) is 106 Å². The molecular formula is C27H27FN2O2. The van der Waals surface area contributed by atoms with Crippen molar-refractivity contribution >= 4 is 11.8 Å². The number of halogens is 1. The topological polar surface area (TPSA) is 49.4 Å². The van der Waals surface area contributed by atoms with Crippen LogP contribution < -0.4 is 5.32 Å². The predicted octanol–water partition coefficient (Wildman–Crippen LogP) is 4.61. The van der Waals surface area contributed by atoms with Crippen molar-refractivity contribution in [3.8, 4) is 0 Å². The second-order valence-electron chi connectivity index (χ2n) is 8.49. The molecule has 0 spiro atoms. The summed E-state index contributed by atoms with van der Waals surface area (Å²) in [6.45, 7) is 5.13. The third-order valence-corrected chi connectivity index (χ3v) is 6.20. The SMILES string of the molecule is Cc1ccc([C@H]2CN(C(=O)c3ccccc3C)C[C@@H]2C(=O)NCc2ccc(F)cc2)cc1. The Labute approximate surface area is 188 Å². The smallest absolute Gasteiger partial charge is 0.254 e. The molecule has 0 unspecified atom stereocenters. The molecule has 1 N–H and O–H groups in total. The van der Waals surface area contributed by atoms with Gasteiger partial charge in [0.15, 0.2) is 0 Å². The summed E-state index contributed by atoms with van der Waals surface area (Å²) in [6.07, 6.45) is 0. The first-order chi connectivity index (χ1) is 15.4. The van der Waals surface area contributed by atoms with Crippen LogP contribution in [0.15, 0.2) is 72.8 Å². The lowest BCUT2D eigenvalue weighted by atomic mass is 9.88. The van der Waals surface area contributed by atoms with Gasteiger partial charge in [0.1, 0.15) is 5.82 Å². The molecule has 0 saturated carbocycles. The van der Waals surface area contributed by atoms with Crippen LogP contribution in [0.1, 0.15) is 38.5 Å². The number of carbonyl (C=O) groups excluding carboxylic acids is 2. The minimum atomic E-state index is -0.355. The zero-order chi connectivity index (χ0) is 22.7. The molecule has 4 nitrogen and oxygen atoms in total. The normalized spacial score (nSPS) is 17.9. The van der Waals surface area contributed by atoms with Crippen molar-refractivity contribution in [2.75, 3.05) is 13.1 Å². The zero-order valence-corrected chi connectivity index (χ0v) is 18.3. The quantitative estimate of drug-likeness (QED) is 0.642. The van der Waals surface area contributed by atoms with E-state index in [0.29, 0.717) is 25.2 Å². The second kappa shape index (κ2) is 9.35. The highest BCUT2D eigenvalue weighted by Gasteiger charge is 2.40. The molecule has 32 heavy (non-hydrogen) atoms. The minimum absolute atomic E-state index is 0.0472. The summed E-state index contributed by atoms with van der Waals surface area (Å²) in [5.74, 6) is -0.891. The molecule has 3 aromatic rings. The van der Waals surface area contributed by atoms with Crippen LogP contribution in [0.5, 0.6) is 0 Å². The molecule has 1 saturated heterocycles. The van der Waals surface area contributed by atoms with Gasteiger partial charge >= 0.3 is 0 Å². The molecular weight excluding hydrogens is 403 g/mol. The molecule has 2 amide bonds. The first-order valence-electron chi connectivity index (χ1n) is 10.9. The Balaban J connectivity index is 1.55. The molecule has 164 valence electrons. The Morgan fingerprint density at radius 2 is 1.62 bits per heavy atom. The van der Waals surface area contributed by atoms with Crippen molar-refractivity contribution in [2.24, 2.45) is 5.92 Å². The van der Waals surface area contributed by atoms with Crippen LogP contribution in [-0.4, -0.2) is 29.8 Å². The molecule has 0 radical (unpaired) electrons. The van der Waals surface area contributed by atoms with Gasteiger partial charge < -0.3 is 10.2 Å². The van der Waals surface area contributed by atoms with E-state index in [1.165, 1.54) is 12.1 Å². The number of nitrogens with one attached hydrogen (secondary N) is 1. The summed E-state index contributed by atoms with van der Waals surface area (Å²) < 4.78 is 13.2. The fourth-order valence-corrected chi connectivity index (χ4v) is 4.29. The summed E-state index contributed by atoms with van der Waals surface area (Å²) in [7, 11) is 0. The van der Waals surface area contributed by atoms with Gasteiger partial charge in [0, 0.05) is 31.1 Å². The van der Waals surface area contributed by atoms with Crippen LogP contribution in [0.25, 0.3) is 0 Å². The van der Waals surface area contributed by atoms with E-state index in [9.17, 15) is 14.0 Å². The minimum Gasteiger partial charge on any atom is -0.352 e. The molecule has 0 aliphatic carbocycles. The zero-order valence-electron chi connectivity index (χ0n) is 18.3. The van der Waals surface area contributed by atoms with Gasteiger partial charge in [-0.25, -0.2) is 4.39 Å². The lowest BCUT2D eigenvalue weighted by Gasteiger charge is -2.18. The van der Waals surface area contributed by atoms with E-state index < -0.39 is 0 Å². The summed E-state index contributed by atoms with van der Waals surface area (Å²) in [4.78, 5) is 28.2. The molecule has 1 aliphatic heterocycles. The number of benzene rings is 3. The largest absolute Gasteiger partial charge is 0.352 e. The Morgan fingerprint density at radius 1 is 0.938 bits per heavy atom. The molecule has 4 rings (SSSR count). The van der Waals surface area contributed by atoms with E-state index in [4.69, 9.17) is 0 Å². The van der Waals surface area contributed by atoms with Gasteiger partial charge in [-0.05, 0) is 48.7 Å². The molecule has 1 aliphatic rings. The van der Waals surface area contributed by atoms with Crippen LogP contribution in [-0.2, 0) is 11.3 Å². The Bertz CT molecular complexity index is 1110. The number of amides is 2. The highest BCUT2D eigenvalue weighted by Crippen LogP contribution is 2.34. The van der Waals surface area contributed by atoms with Gasteiger partial charge in [-0.3, -0.25) is 9.59 Å². The monoisotopic (exact) mass is 430 g/mol. The number of nitrogens with zero attached hydrogens (tertiary/aromatic N) is 1. The summed E-state index contributed by atoms with van der Waals surface area (Å²) in [5, 5.41) is 2.98. The average Bonchev–Trinajstić information content (AvgIpc) is 3.24. The molecule has 1 fully saturated rings. The van der Waals surface area contributed by atoms with E-state index in [1.807, 2.05) is 62.4 Å². The Kier molecular flexibility index (Phi) is 6.35. The van der Waals surface area contributed by atoms with E-state index >= 15 is 0 Å². The Morgan fingerprint density at radius 3 is 2.31 bits per heavy atom. The van der Waals surface area contributed by atoms with Gasteiger partial charge in [0.2, 0.25) is 5.91 Å². The summed E-state index contributed by atoms with van der Waals surface area (Å²) in [5.41, 5.74) is 4.63. The van der Waals surface area contributed by atoms with Gasteiger partial charge in [0.05, 0.1) is 5.92 Å². The fraction of sp³-hybridized carbons (Fsp3) is 0.259. The maximum Gasteiger partial charge on any atom is 0.254 e. The predicted molar refractivity (Wildman–Crippen MR) is 123 cm³/mol. The lowest BCUT2D eigenvalue weighted by molar-refractivity contribution is -0.125. The van der Waals surface area contributed by atoms with Crippen LogP contribution in [0, 0.1) is 25.6 Å². The van der Waals surface area contributed by atoms with Crippen LogP contribution in [0.4, 0.5) is 4.39 Å². The molecule has 1 heterocycles. The van der Waals surface area contributed by atoms with E-state index in [1.54, 1.807) is 17.0 Å². The molecule has 3 aromatic carbocycles. The highest BCUT2D eigenvalue weighted by atomic mass is 19.1. The maximum absolute atomic E-state index is 13.2. The number of aryl methyl sites for hydroxylation is 2. The standard InChI is InChI=1S/C27H27FN2O2/c1-18-7-11-21(12-8-18)24-16-30(27(32)23-6-4-3-5-19(23)2)17-25(24)26(31)29-15-20-9-13-22(28)14-10-20/h3-14,24-25H,15-17H2,1-2H3,(H,29,31)/t24-,25+/m1/s1. The van der Waals surface area contributed by atoms with Gasteiger partial charge in [-0.15, -0.1) is 0 Å². The van der Waals surface area contributed by atoms with E-state index in [2.05, 4.69) is 5.32 Å². The summed E-state index contributed by atoms with van der Waals surface area (Å²) >= 11 is 0. The number of hydrogen-bond acceptors (Lipinski definition) is 2. The number of hydrogen-bond donors (Lipinski definition) is 1. The van der Waals surface area contributed by atoms with Crippen molar-refractivity contribution < 1.29 is 14.0 Å². The van der Waals surface area contributed by atoms with E-state index in [-0.39, 0.29) is 29.5 Å². The number of rotatable bonds is 5. The van der Waals surface area contributed by atoms with Crippen LogP contribution in [0.2, 0.25) is 0 Å². The highest BCUT2D eigenvalue weighted by molar-refractivity contribution is 5.96. The van der Waals surface area contributed by atoms with Crippen molar-refractivity contribution in [1.82, 2.24) is 10.2 Å². The third kappa shape index (κ3) is 4.72. The van der Waals surface area contributed by atoms with Crippen molar-refractivity contribution in [2.45, 2.75) is 26.3 Å². The fourth-order valence-electron chi connectivity index (χ4n) is 4.29. The summed E-state index contributed by atoms with van der Waals surface area (Å²) in [6, 6.07) is 21.8. The van der Waals surface area contributed by atoms with Gasteiger partial charge in [-0.1, -0.05) is 60.2 Å². The van der Waals surface area contributed by atoms with E-state index in [0.717, 1.165) is 22.3 Å². The van der Waals surface area contributed by atoms with Crippen LogP contribution >= 0.6 is 0 Å². The second-order valence-corrected chi connectivity index (χ2v) is 8.49. The van der Waals surface area contributed by atoms with Gasteiger partial charge in [0.25, 0.3) is 5.91 Å². The van der Waals surface area contributed by atoms with Gasteiger partial charge in [-0.2, -0.15) is 0 Å². The number of likely N-dealkylation sites (tertiary alicyclic amines) is 1. The van der Waals surface area contributed by atoms with Crippen molar-refractivity contribution in [1.29, 1.82) is 0 Å². The Hall–Kier alpha value is -3.47. The molecule has 2 atom stereocenters. The average molecular weight is 431 g/mol. The first-order valence-corrected chi connectivity index (χ1v) is 10.9. The van der Waals surface area contributed by atoms with Crippen molar-refractivity contribution in [3.63, 3.8) is 0 Å². The molecule has 0 bridgehead atoms. The molecule has 0 aromatic heterocycles. The number of carbonyl (C=O) groups is 2. The first kappa shape index (κ1) is 21.8. The third-order valence-electron chi connectivity index (χ3n) is 6.20. The van der Waals surface area contributed by atoms with Crippen LogP contribution in [0.3, 0.4) is 0 Å².